The molecule has 2 atom stereocenters. The summed E-state index contributed by atoms with van der Waals surface area (Å²) in [4.78, 5) is 0. The first kappa shape index (κ1) is 17.0. The van der Waals surface area contributed by atoms with Gasteiger partial charge in [0.25, 0.3) is 0 Å². The average molecular weight is 328 g/mol. The maximum absolute atomic E-state index is 6.00. The molecule has 0 N–H and O–H groups in total. The van der Waals surface area contributed by atoms with Crippen LogP contribution in [0.2, 0.25) is 0 Å². The number of benzene rings is 2. The first-order chi connectivity index (χ1) is 11.7. The molecule has 1 aliphatic rings. The lowest BCUT2D eigenvalue weighted by molar-refractivity contribution is -0.0417. The molecule has 0 bridgehead atoms. The molecule has 1 aliphatic heterocycles. The summed E-state index contributed by atoms with van der Waals surface area (Å²) in [6.07, 6.45) is 0.135. The molecule has 0 aliphatic carbocycles. The van der Waals surface area contributed by atoms with Crippen LogP contribution >= 0.6 is 0 Å². The Morgan fingerprint density at radius 1 is 1.00 bits per heavy atom. The molecule has 128 valence electrons. The molecule has 1 saturated heterocycles. The predicted octanol–water partition coefficient (Wildman–Crippen LogP) is 3.50. The Kier molecular flexibility index (Phi) is 5.86. The Morgan fingerprint density at radius 3 is 2.25 bits per heavy atom. The highest BCUT2D eigenvalue weighted by atomic mass is 16.6. The standard InChI is InChI=1S/C20H24O4/c1-15-3-5-17(6-4-15)12-23-19(20-14-24-20)13-22-11-16-7-9-18(21-2)10-8-16/h3-10,19-20H,11-14H2,1-2H3/t19-,20+/m0/s1. The minimum absolute atomic E-state index is 0.0236. The molecule has 0 saturated carbocycles. The fraction of sp³-hybridized carbons (Fsp3) is 0.400. The van der Waals surface area contributed by atoms with E-state index in [0.717, 1.165) is 17.9 Å². The molecule has 4 heteroatoms. The SMILES string of the molecule is COc1ccc(COC[C@H](OCc2ccc(C)cc2)[C@H]2CO2)cc1. The quantitative estimate of drug-likeness (QED) is 0.661. The van der Waals surface area contributed by atoms with Gasteiger partial charge in [0.1, 0.15) is 18.0 Å². The number of aryl methyl sites for hydroxylation is 1. The molecule has 24 heavy (non-hydrogen) atoms. The number of ether oxygens (including phenoxy) is 4. The number of hydrogen-bond acceptors (Lipinski definition) is 4. The molecule has 3 rings (SSSR count). The van der Waals surface area contributed by atoms with Crippen LogP contribution in [0.4, 0.5) is 0 Å². The largest absolute Gasteiger partial charge is 0.497 e. The highest BCUT2D eigenvalue weighted by molar-refractivity contribution is 5.26. The van der Waals surface area contributed by atoms with E-state index in [4.69, 9.17) is 18.9 Å². The van der Waals surface area contributed by atoms with Crippen molar-refractivity contribution in [1.29, 1.82) is 0 Å². The van der Waals surface area contributed by atoms with E-state index in [9.17, 15) is 0 Å². The van der Waals surface area contributed by atoms with Crippen molar-refractivity contribution >= 4 is 0 Å². The van der Waals surface area contributed by atoms with Gasteiger partial charge in [0.15, 0.2) is 0 Å². The second kappa shape index (κ2) is 8.29. The fourth-order valence-electron chi connectivity index (χ4n) is 2.44. The molecule has 1 heterocycles. The summed E-state index contributed by atoms with van der Waals surface area (Å²) in [5.74, 6) is 0.851. The van der Waals surface area contributed by atoms with Gasteiger partial charge in [0.2, 0.25) is 0 Å². The topological polar surface area (TPSA) is 40.2 Å². The van der Waals surface area contributed by atoms with E-state index in [0.29, 0.717) is 19.8 Å². The van der Waals surface area contributed by atoms with Crippen molar-refractivity contribution in [3.8, 4) is 5.75 Å². The minimum atomic E-state index is -0.0236. The number of epoxide rings is 1. The average Bonchev–Trinajstić information content (AvgIpc) is 3.45. The van der Waals surface area contributed by atoms with Crippen molar-refractivity contribution in [2.45, 2.75) is 32.3 Å². The van der Waals surface area contributed by atoms with E-state index in [1.54, 1.807) is 7.11 Å². The molecular formula is C20H24O4. The van der Waals surface area contributed by atoms with Gasteiger partial charge >= 0.3 is 0 Å². The Balaban J connectivity index is 1.44. The molecule has 0 aromatic heterocycles. The lowest BCUT2D eigenvalue weighted by Crippen LogP contribution is -2.25. The van der Waals surface area contributed by atoms with Crippen LogP contribution in [0.15, 0.2) is 48.5 Å². The van der Waals surface area contributed by atoms with Gasteiger partial charge in [0, 0.05) is 0 Å². The van der Waals surface area contributed by atoms with Crippen LogP contribution in [-0.2, 0) is 27.4 Å². The van der Waals surface area contributed by atoms with Crippen molar-refractivity contribution in [2.24, 2.45) is 0 Å². The van der Waals surface area contributed by atoms with Crippen LogP contribution in [0, 0.1) is 6.92 Å². The summed E-state index contributed by atoms with van der Waals surface area (Å²) < 4.78 is 22.4. The highest BCUT2D eigenvalue weighted by Crippen LogP contribution is 2.20. The molecule has 2 aromatic rings. The van der Waals surface area contributed by atoms with E-state index in [2.05, 4.69) is 31.2 Å². The number of methoxy groups -OCH3 is 1. The molecule has 0 unspecified atom stereocenters. The zero-order valence-electron chi connectivity index (χ0n) is 14.2. The predicted molar refractivity (Wildman–Crippen MR) is 92.1 cm³/mol. The Hall–Kier alpha value is -1.88. The molecule has 0 spiro atoms. The maximum atomic E-state index is 6.00. The third kappa shape index (κ3) is 5.06. The van der Waals surface area contributed by atoms with Crippen molar-refractivity contribution in [3.05, 3.63) is 65.2 Å². The minimum Gasteiger partial charge on any atom is -0.497 e. The van der Waals surface area contributed by atoms with Gasteiger partial charge in [-0.05, 0) is 30.2 Å². The lowest BCUT2D eigenvalue weighted by atomic mass is 10.2. The van der Waals surface area contributed by atoms with Crippen LogP contribution in [-0.4, -0.2) is 32.5 Å². The Morgan fingerprint density at radius 2 is 1.62 bits per heavy atom. The summed E-state index contributed by atoms with van der Waals surface area (Å²) in [6.45, 7) is 4.50. The Labute approximate surface area is 143 Å². The molecule has 1 fully saturated rings. The highest BCUT2D eigenvalue weighted by Gasteiger charge is 2.33. The first-order valence-corrected chi connectivity index (χ1v) is 8.24. The van der Waals surface area contributed by atoms with Crippen molar-refractivity contribution < 1.29 is 18.9 Å². The van der Waals surface area contributed by atoms with Crippen molar-refractivity contribution in [2.75, 3.05) is 20.3 Å². The molecular weight excluding hydrogens is 304 g/mol. The van der Waals surface area contributed by atoms with Crippen LogP contribution in [0.1, 0.15) is 16.7 Å². The van der Waals surface area contributed by atoms with Gasteiger partial charge in [-0.1, -0.05) is 42.0 Å². The summed E-state index contributed by atoms with van der Waals surface area (Å²) in [5, 5.41) is 0. The summed E-state index contributed by atoms with van der Waals surface area (Å²) >= 11 is 0. The van der Waals surface area contributed by atoms with E-state index < -0.39 is 0 Å². The third-order valence-electron chi connectivity index (χ3n) is 4.07. The molecule has 0 radical (unpaired) electrons. The maximum Gasteiger partial charge on any atom is 0.118 e. The third-order valence-corrected chi connectivity index (χ3v) is 4.07. The summed E-state index contributed by atoms with van der Waals surface area (Å²) in [6, 6.07) is 16.3. The van der Waals surface area contributed by atoms with Crippen LogP contribution in [0.5, 0.6) is 5.75 Å². The lowest BCUT2D eigenvalue weighted by Gasteiger charge is -2.16. The van der Waals surface area contributed by atoms with Gasteiger partial charge in [-0.15, -0.1) is 0 Å². The monoisotopic (exact) mass is 328 g/mol. The molecule has 0 amide bonds. The van der Waals surface area contributed by atoms with E-state index >= 15 is 0 Å². The van der Waals surface area contributed by atoms with Crippen LogP contribution in [0.25, 0.3) is 0 Å². The Bertz CT molecular complexity index is 617. The van der Waals surface area contributed by atoms with Gasteiger partial charge in [-0.25, -0.2) is 0 Å². The van der Waals surface area contributed by atoms with Gasteiger partial charge in [-0.3, -0.25) is 0 Å². The van der Waals surface area contributed by atoms with Gasteiger partial charge < -0.3 is 18.9 Å². The van der Waals surface area contributed by atoms with E-state index in [1.165, 1.54) is 11.1 Å². The van der Waals surface area contributed by atoms with E-state index in [-0.39, 0.29) is 12.2 Å². The zero-order valence-corrected chi connectivity index (χ0v) is 14.2. The first-order valence-electron chi connectivity index (χ1n) is 8.24. The van der Waals surface area contributed by atoms with Gasteiger partial charge in [-0.2, -0.15) is 0 Å². The normalized spacial score (nSPS) is 17.5. The second-order valence-corrected chi connectivity index (χ2v) is 6.07. The second-order valence-electron chi connectivity index (χ2n) is 6.07. The number of rotatable bonds is 9. The van der Waals surface area contributed by atoms with E-state index in [1.807, 2.05) is 24.3 Å². The van der Waals surface area contributed by atoms with Crippen molar-refractivity contribution in [1.82, 2.24) is 0 Å². The smallest absolute Gasteiger partial charge is 0.118 e. The summed E-state index contributed by atoms with van der Waals surface area (Å²) in [5.41, 5.74) is 3.54. The molecule has 2 aromatic carbocycles. The van der Waals surface area contributed by atoms with Crippen LogP contribution in [0.3, 0.4) is 0 Å². The van der Waals surface area contributed by atoms with Gasteiger partial charge in [0.05, 0.1) is 33.5 Å². The van der Waals surface area contributed by atoms with Crippen molar-refractivity contribution in [3.63, 3.8) is 0 Å². The molecule has 4 nitrogen and oxygen atoms in total. The summed E-state index contributed by atoms with van der Waals surface area (Å²) in [7, 11) is 1.66. The fourth-order valence-corrected chi connectivity index (χ4v) is 2.44. The zero-order chi connectivity index (χ0) is 16.8. The van der Waals surface area contributed by atoms with Crippen LogP contribution < -0.4 is 4.74 Å². The number of hydrogen-bond donors (Lipinski definition) is 0.